The van der Waals surface area contributed by atoms with Crippen molar-refractivity contribution < 1.29 is 23.9 Å². The Morgan fingerprint density at radius 3 is 2.08 bits per heavy atom. The molecule has 0 spiro atoms. The number of esters is 2. The monoisotopic (exact) mass is 340 g/mol. The quantitative estimate of drug-likeness (QED) is 0.690. The van der Waals surface area contributed by atoms with Crippen LogP contribution in [0.2, 0.25) is 0 Å². The third-order valence-corrected chi connectivity index (χ3v) is 4.87. The number of cyclic esters (lactones) is 1. The zero-order chi connectivity index (χ0) is 18.8. The molecule has 0 aromatic rings. The van der Waals surface area contributed by atoms with Gasteiger partial charge in [-0.1, -0.05) is 48.5 Å². The maximum atomic E-state index is 12.9. The number of ether oxygens (including phenoxy) is 2. The van der Waals surface area contributed by atoms with Gasteiger partial charge in [0, 0.05) is 18.3 Å². The van der Waals surface area contributed by atoms with Crippen molar-refractivity contribution in [3.63, 3.8) is 0 Å². The Bertz CT molecular complexity index is 495. The number of ketones is 1. The van der Waals surface area contributed by atoms with Crippen LogP contribution in [0.3, 0.4) is 0 Å². The van der Waals surface area contributed by atoms with E-state index in [1.807, 2.05) is 6.92 Å². The van der Waals surface area contributed by atoms with Crippen LogP contribution in [0, 0.1) is 16.2 Å². The molecule has 1 rings (SSSR count). The van der Waals surface area contributed by atoms with Gasteiger partial charge in [-0.2, -0.15) is 0 Å². The number of rotatable bonds is 6. The Balaban J connectivity index is 2.68. The summed E-state index contributed by atoms with van der Waals surface area (Å²) in [6.07, 6.45) is 0.452. The zero-order valence-corrected chi connectivity index (χ0v) is 16.2. The predicted molar refractivity (Wildman–Crippen MR) is 91.3 cm³/mol. The van der Waals surface area contributed by atoms with Gasteiger partial charge >= 0.3 is 11.9 Å². The highest BCUT2D eigenvalue weighted by atomic mass is 16.6. The van der Waals surface area contributed by atoms with Crippen LogP contribution in [0.1, 0.15) is 74.1 Å². The Morgan fingerprint density at radius 1 is 1.08 bits per heavy atom. The number of hydrogen-bond acceptors (Lipinski definition) is 5. The third-order valence-electron chi connectivity index (χ3n) is 4.87. The smallest absolute Gasteiger partial charge is 0.347 e. The number of carbonyl (C=O) groups is 3. The molecule has 0 saturated carbocycles. The standard InChI is InChI=1S/C19H32O5/c1-17(2,3)12-19(7,18(4,5)6)14(20)8-9-15(21)24-13-10-11-23-16(13)22/h13H,8-12H2,1-7H3. The van der Waals surface area contributed by atoms with Gasteiger partial charge < -0.3 is 9.47 Å². The van der Waals surface area contributed by atoms with Crippen molar-refractivity contribution in [1.29, 1.82) is 0 Å². The summed E-state index contributed by atoms with van der Waals surface area (Å²) in [4.78, 5) is 36.2. The van der Waals surface area contributed by atoms with Crippen LogP contribution >= 0.6 is 0 Å². The van der Waals surface area contributed by atoms with Crippen LogP contribution in [0.25, 0.3) is 0 Å². The second-order valence-corrected chi connectivity index (χ2v) is 9.18. The summed E-state index contributed by atoms with van der Waals surface area (Å²) in [6.45, 7) is 14.8. The van der Waals surface area contributed by atoms with Crippen molar-refractivity contribution in [3.05, 3.63) is 0 Å². The molecule has 5 nitrogen and oxygen atoms in total. The van der Waals surface area contributed by atoms with Gasteiger partial charge in [-0.15, -0.1) is 0 Å². The predicted octanol–water partition coefficient (Wildman–Crippen LogP) is 3.68. The summed E-state index contributed by atoms with van der Waals surface area (Å²) >= 11 is 0. The highest BCUT2D eigenvalue weighted by Crippen LogP contribution is 2.47. The van der Waals surface area contributed by atoms with Gasteiger partial charge in [-0.05, 0) is 17.3 Å². The van der Waals surface area contributed by atoms with E-state index in [4.69, 9.17) is 9.47 Å². The molecule has 0 aromatic heterocycles. The maximum Gasteiger partial charge on any atom is 0.347 e. The molecule has 1 saturated heterocycles. The van der Waals surface area contributed by atoms with E-state index in [0.717, 1.165) is 6.42 Å². The molecule has 2 atom stereocenters. The topological polar surface area (TPSA) is 69.7 Å². The van der Waals surface area contributed by atoms with Crippen LogP contribution in [0.15, 0.2) is 0 Å². The summed E-state index contributed by atoms with van der Waals surface area (Å²) in [5, 5.41) is 0. The molecule has 24 heavy (non-hydrogen) atoms. The first-order valence-corrected chi connectivity index (χ1v) is 8.66. The highest BCUT2D eigenvalue weighted by molar-refractivity contribution is 5.88. The molecule has 1 aliphatic heterocycles. The molecule has 0 aromatic carbocycles. The van der Waals surface area contributed by atoms with Gasteiger partial charge in [0.25, 0.3) is 0 Å². The molecule has 0 N–H and O–H groups in total. The minimum atomic E-state index is -0.809. The first-order valence-electron chi connectivity index (χ1n) is 8.66. The van der Waals surface area contributed by atoms with Crippen LogP contribution in [0.4, 0.5) is 0 Å². The van der Waals surface area contributed by atoms with E-state index in [0.29, 0.717) is 6.42 Å². The molecule has 1 fully saturated rings. The fraction of sp³-hybridized carbons (Fsp3) is 0.842. The van der Waals surface area contributed by atoms with Gasteiger partial charge in [0.15, 0.2) is 0 Å². The molecule has 0 aliphatic carbocycles. The van der Waals surface area contributed by atoms with Crippen molar-refractivity contribution in [2.45, 2.75) is 80.3 Å². The average molecular weight is 340 g/mol. The third kappa shape index (κ3) is 5.32. The van der Waals surface area contributed by atoms with Crippen LogP contribution in [-0.4, -0.2) is 30.4 Å². The lowest BCUT2D eigenvalue weighted by molar-refractivity contribution is -0.160. The Morgan fingerprint density at radius 2 is 1.67 bits per heavy atom. The van der Waals surface area contributed by atoms with Gasteiger partial charge in [0.05, 0.1) is 13.0 Å². The molecule has 1 aliphatic rings. The minimum absolute atomic E-state index is 0.00156. The molecule has 1 heterocycles. The fourth-order valence-electron chi connectivity index (χ4n) is 3.14. The SMILES string of the molecule is CC(C)(C)CC(C)(C(=O)CCC(=O)OC1CCOC1=O)C(C)(C)C. The molecule has 138 valence electrons. The van der Waals surface area contributed by atoms with Crippen molar-refractivity contribution in [3.8, 4) is 0 Å². The lowest BCUT2D eigenvalue weighted by Crippen LogP contribution is -2.43. The second-order valence-electron chi connectivity index (χ2n) is 9.18. The number of Topliss-reactive ketones (excluding diaryl/α,β-unsaturated/α-hetero) is 1. The van der Waals surface area contributed by atoms with Gasteiger partial charge in [-0.25, -0.2) is 4.79 Å². The van der Waals surface area contributed by atoms with Crippen LogP contribution < -0.4 is 0 Å². The molecule has 2 unspecified atom stereocenters. The van der Waals surface area contributed by atoms with E-state index in [1.54, 1.807) is 0 Å². The largest absolute Gasteiger partial charge is 0.463 e. The summed E-state index contributed by atoms with van der Waals surface area (Å²) in [5.74, 6) is -0.947. The maximum absolute atomic E-state index is 12.9. The molecule has 0 radical (unpaired) electrons. The van der Waals surface area contributed by atoms with Gasteiger partial charge in [0.2, 0.25) is 6.10 Å². The fourth-order valence-corrected chi connectivity index (χ4v) is 3.14. The second kappa shape index (κ2) is 7.24. The normalized spacial score (nSPS) is 21.1. The Labute approximate surface area is 145 Å². The van der Waals surface area contributed by atoms with Gasteiger partial charge in [0.1, 0.15) is 5.78 Å². The molecule has 5 heteroatoms. The molecule has 0 amide bonds. The first kappa shape index (κ1) is 20.7. The Hall–Kier alpha value is -1.39. The van der Waals surface area contributed by atoms with E-state index < -0.39 is 23.5 Å². The molecule has 0 bridgehead atoms. The van der Waals surface area contributed by atoms with E-state index >= 15 is 0 Å². The number of hydrogen-bond donors (Lipinski definition) is 0. The number of carbonyl (C=O) groups excluding carboxylic acids is 3. The highest BCUT2D eigenvalue weighted by Gasteiger charge is 2.45. The first-order chi connectivity index (χ1) is 10.8. The van der Waals surface area contributed by atoms with Crippen molar-refractivity contribution in [2.75, 3.05) is 6.61 Å². The lowest BCUT2D eigenvalue weighted by atomic mass is 9.58. The van der Waals surface area contributed by atoms with E-state index in [9.17, 15) is 14.4 Å². The molecular formula is C19H32O5. The summed E-state index contributed by atoms with van der Waals surface area (Å²) in [6, 6.07) is 0. The summed E-state index contributed by atoms with van der Waals surface area (Å²) < 4.78 is 9.87. The van der Waals surface area contributed by atoms with E-state index in [1.165, 1.54) is 0 Å². The summed E-state index contributed by atoms with van der Waals surface area (Å²) in [5.41, 5.74) is -0.736. The summed E-state index contributed by atoms with van der Waals surface area (Å²) in [7, 11) is 0. The van der Waals surface area contributed by atoms with Crippen molar-refractivity contribution in [1.82, 2.24) is 0 Å². The lowest BCUT2D eigenvalue weighted by Gasteiger charge is -2.44. The molecular weight excluding hydrogens is 308 g/mol. The average Bonchev–Trinajstić information content (AvgIpc) is 2.78. The van der Waals surface area contributed by atoms with Crippen LogP contribution in [0.5, 0.6) is 0 Å². The van der Waals surface area contributed by atoms with Crippen molar-refractivity contribution in [2.24, 2.45) is 16.2 Å². The van der Waals surface area contributed by atoms with E-state index in [2.05, 4.69) is 41.5 Å². The van der Waals surface area contributed by atoms with Crippen molar-refractivity contribution >= 4 is 17.7 Å². The van der Waals surface area contributed by atoms with Crippen LogP contribution in [-0.2, 0) is 23.9 Å². The zero-order valence-electron chi connectivity index (χ0n) is 16.2. The minimum Gasteiger partial charge on any atom is -0.463 e. The van der Waals surface area contributed by atoms with E-state index in [-0.39, 0.29) is 36.1 Å². The Kier molecular flexibility index (Phi) is 6.23. The van der Waals surface area contributed by atoms with Gasteiger partial charge in [-0.3, -0.25) is 9.59 Å².